The molecule has 33 heavy (non-hydrogen) atoms. The van der Waals surface area contributed by atoms with Crippen molar-refractivity contribution in [3.05, 3.63) is 94.0 Å². The summed E-state index contributed by atoms with van der Waals surface area (Å²) in [6.45, 7) is 3.35. The van der Waals surface area contributed by atoms with Crippen LogP contribution in [0, 0.1) is 6.92 Å². The van der Waals surface area contributed by atoms with Crippen molar-refractivity contribution in [3.8, 4) is 0 Å². The minimum Gasteiger partial charge on any atom is -0.348 e. The highest BCUT2D eigenvalue weighted by molar-refractivity contribution is 7.92. The van der Waals surface area contributed by atoms with Crippen molar-refractivity contribution < 1.29 is 13.2 Å². The number of anilines is 1. The standard InChI is InChI=1S/C26H27ClN2O3S/c1-18-15-23(27)13-14-25(18)29(33(31,32)24-9-4-3-5-10-24)17-26(30)28-19(2)21-12-11-20-7-6-8-22(20)16-21/h3-5,9-16,19H,6-8,17H2,1-2H3,(H,28,30)/t19-/m0/s1. The van der Waals surface area contributed by atoms with Gasteiger partial charge < -0.3 is 5.32 Å². The second-order valence-electron chi connectivity index (χ2n) is 8.43. The Balaban J connectivity index is 1.60. The maximum absolute atomic E-state index is 13.5. The Morgan fingerprint density at radius 2 is 1.76 bits per heavy atom. The van der Waals surface area contributed by atoms with Gasteiger partial charge in [0.2, 0.25) is 5.91 Å². The highest BCUT2D eigenvalue weighted by Gasteiger charge is 2.29. The maximum Gasteiger partial charge on any atom is 0.264 e. The number of fused-ring (bicyclic) bond motifs is 1. The van der Waals surface area contributed by atoms with E-state index in [1.54, 1.807) is 43.3 Å². The van der Waals surface area contributed by atoms with Crippen LogP contribution < -0.4 is 9.62 Å². The molecule has 0 bridgehead atoms. The van der Waals surface area contributed by atoms with Gasteiger partial charge in [0.15, 0.2) is 0 Å². The van der Waals surface area contributed by atoms with Crippen LogP contribution in [0.3, 0.4) is 0 Å². The normalized spacial score (nSPS) is 13.9. The average Bonchev–Trinajstić information content (AvgIpc) is 3.26. The zero-order valence-electron chi connectivity index (χ0n) is 18.7. The van der Waals surface area contributed by atoms with Gasteiger partial charge in [-0.05, 0) is 85.7 Å². The number of hydrogen-bond donors (Lipinski definition) is 1. The summed E-state index contributed by atoms with van der Waals surface area (Å²) in [5.41, 5.74) is 4.81. The number of nitrogens with one attached hydrogen (secondary N) is 1. The van der Waals surface area contributed by atoms with E-state index in [4.69, 9.17) is 11.6 Å². The Bertz CT molecular complexity index is 1280. The number of carbonyl (C=O) groups is 1. The first-order valence-corrected chi connectivity index (χ1v) is 12.8. The lowest BCUT2D eigenvalue weighted by Gasteiger charge is -2.26. The SMILES string of the molecule is Cc1cc(Cl)ccc1N(CC(=O)N[C@@H](C)c1ccc2c(c1)CCC2)S(=O)(=O)c1ccccc1. The Morgan fingerprint density at radius 3 is 2.48 bits per heavy atom. The zero-order chi connectivity index (χ0) is 23.6. The monoisotopic (exact) mass is 482 g/mol. The zero-order valence-corrected chi connectivity index (χ0v) is 20.3. The number of nitrogens with zero attached hydrogens (tertiary/aromatic N) is 1. The third kappa shape index (κ3) is 5.07. The van der Waals surface area contributed by atoms with Crippen molar-refractivity contribution in [2.24, 2.45) is 0 Å². The average molecular weight is 483 g/mol. The summed E-state index contributed by atoms with van der Waals surface area (Å²) in [5.74, 6) is -0.378. The summed E-state index contributed by atoms with van der Waals surface area (Å²) < 4.78 is 28.2. The van der Waals surface area contributed by atoms with Crippen molar-refractivity contribution in [1.82, 2.24) is 5.32 Å². The lowest BCUT2D eigenvalue weighted by Crippen LogP contribution is -2.41. The fourth-order valence-corrected chi connectivity index (χ4v) is 6.01. The lowest BCUT2D eigenvalue weighted by atomic mass is 10.0. The molecule has 0 radical (unpaired) electrons. The molecule has 0 aliphatic heterocycles. The molecule has 0 fully saturated rings. The summed E-state index contributed by atoms with van der Waals surface area (Å²) in [6, 6.07) is 19.2. The fourth-order valence-electron chi connectivity index (χ4n) is 4.28. The van der Waals surface area contributed by atoms with E-state index in [9.17, 15) is 13.2 Å². The van der Waals surface area contributed by atoms with Gasteiger partial charge in [0.05, 0.1) is 16.6 Å². The highest BCUT2D eigenvalue weighted by Crippen LogP contribution is 2.29. The highest BCUT2D eigenvalue weighted by atomic mass is 35.5. The van der Waals surface area contributed by atoms with E-state index in [-0.39, 0.29) is 23.4 Å². The molecule has 0 unspecified atom stereocenters. The van der Waals surface area contributed by atoms with Crippen LogP contribution in [0.5, 0.6) is 0 Å². The van der Waals surface area contributed by atoms with Gasteiger partial charge >= 0.3 is 0 Å². The number of carbonyl (C=O) groups excluding carboxylic acids is 1. The van der Waals surface area contributed by atoms with Crippen LogP contribution in [0.4, 0.5) is 5.69 Å². The van der Waals surface area contributed by atoms with Gasteiger partial charge in [0, 0.05) is 5.02 Å². The van der Waals surface area contributed by atoms with Crippen molar-refractivity contribution in [1.29, 1.82) is 0 Å². The minimum atomic E-state index is -3.96. The summed E-state index contributed by atoms with van der Waals surface area (Å²) in [6.07, 6.45) is 3.32. The molecule has 7 heteroatoms. The van der Waals surface area contributed by atoms with Crippen molar-refractivity contribution in [3.63, 3.8) is 0 Å². The second-order valence-corrected chi connectivity index (χ2v) is 10.7. The molecule has 3 aromatic rings. The summed E-state index contributed by atoms with van der Waals surface area (Å²) in [7, 11) is -3.96. The van der Waals surface area contributed by atoms with Crippen molar-refractivity contribution in [2.45, 2.75) is 44.0 Å². The lowest BCUT2D eigenvalue weighted by molar-refractivity contribution is -0.120. The number of aryl methyl sites for hydroxylation is 3. The van der Waals surface area contributed by atoms with Gasteiger partial charge in [-0.2, -0.15) is 0 Å². The fraction of sp³-hybridized carbons (Fsp3) is 0.269. The van der Waals surface area contributed by atoms with Crippen LogP contribution >= 0.6 is 11.6 Å². The minimum absolute atomic E-state index is 0.124. The van der Waals surface area contributed by atoms with Crippen LogP contribution in [0.1, 0.15) is 41.6 Å². The third-order valence-electron chi connectivity index (χ3n) is 6.05. The van der Waals surface area contributed by atoms with E-state index in [2.05, 4.69) is 17.4 Å². The topological polar surface area (TPSA) is 66.5 Å². The molecule has 1 amide bonds. The molecular formula is C26H27ClN2O3S. The third-order valence-corrected chi connectivity index (χ3v) is 8.06. The molecule has 0 spiro atoms. The molecule has 1 N–H and O–H groups in total. The van der Waals surface area contributed by atoms with Gasteiger partial charge in [-0.1, -0.05) is 48.0 Å². The van der Waals surface area contributed by atoms with Gasteiger partial charge in [-0.15, -0.1) is 0 Å². The number of benzene rings is 3. The predicted molar refractivity (Wildman–Crippen MR) is 132 cm³/mol. The smallest absolute Gasteiger partial charge is 0.264 e. The first kappa shape index (κ1) is 23.3. The molecule has 1 aliphatic rings. The molecule has 5 nitrogen and oxygen atoms in total. The van der Waals surface area contributed by atoms with Crippen LogP contribution in [-0.2, 0) is 27.7 Å². The quantitative estimate of drug-likeness (QED) is 0.502. The molecule has 172 valence electrons. The number of hydrogen-bond acceptors (Lipinski definition) is 3. The Hall–Kier alpha value is -2.83. The van der Waals surface area contributed by atoms with Crippen LogP contribution in [0.15, 0.2) is 71.6 Å². The van der Waals surface area contributed by atoms with E-state index >= 15 is 0 Å². The molecule has 1 atom stereocenters. The first-order valence-electron chi connectivity index (χ1n) is 11.0. The molecule has 4 rings (SSSR count). The van der Waals surface area contributed by atoms with Crippen LogP contribution in [-0.4, -0.2) is 20.9 Å². The Morgan fingerprint density at radius 1 is 1.03 bits per heavy atom. The molecule has 1 aliphatic carbocycles. The summed E-state index contributed by atoms with van der Waals surface area (Å²) in [4.78, 5) is 13.2. The maximum atomic E-state index is 13.5. The predicted octanol–water partition coefficient (Wildman–Crippen LogP) is 5.21. The van der Waals surface area contributed by atoms with E-state index < -0.39 is 10.0 Å². The molecular weight excluding hydrogens is 456 g/mol. The largest absolute Gasteiger partial charge is 0.348 e. The number of halogens is 1. The summed E-state index contributed by atoms with van der Waals surface area (Å²) in [5, 5.41) is 3.47. The number of sulfonamides is 1. The van der Waals surface area contributed by atoms with E-state index in [0.29, 0.717) is 16.3 Å². The number of amides is 1. The molecule has 0 heterocycles. The van der Waals surface area contributed by atoms with Gasteiger partial charge in [0.25, 0.3) is 10.0 Å². The van der Waals surface area contributed by atoms with E-state index in [1.807, 2.05) is 13.0 Å². The second kappa shape index (κ2) is 9.57. The van der Waals surface area contributed by atoms with Gasteiger partial charge in [0.1, 0.15) is 6.54 Å². The summed E-state index contributed by atoms with van der Waals surface area (Å²) >= 11 is 6.09. The van der Waals surface area contributed by atoms with Gasteiger partial charge in [-0.3, -0.25) is 9.10 Å². The van der Waals surface area contributed by atoms with Gasteiger partial charge in [-0.25, -0.2) is 8.42 Å². The number of rotatable bonds is 7. The molecule has 0 saturated heterocycles. The first-order chi connectivity index (χ1) is 15.8. The molecule has 0 aromatic heterocycles. The Kier molecular flexibility index (Phi) is 6.77. The molecule has 0 saturated carbocycles. The van der Waals surface area contributed by atoms with Crippen LogP contribution in [0.25, 0.3) is 0 Å². The van der Waals surface area contributed by atoms with E-state index in [1.165, 1.54) is 23.3 Å². The van der Waals surface area contributed by atoms with E-state index in [0.717, 1.165) is 29.1 Å². The van der Waals surface area contributed by atoms with Crippen molar-refractivity contribution >= 4 is 33.2 Å². The van der Waals surface area contributed by atoms with Crippen molar-refractivity contribution in [2.75, 3.05) is 10.8 Å². The Labute approximate surface area is 200 Å². The molecule has 3 aromatic carbocycles. The van der Waals surface area contributed by atoms with Crippen LogP contribution in [0.2, 0.25) is 5.02 Å².